The minimum Gasteiger partial charge on any atom is -0.481 e. The molecule has 0 amide bonds. The van der Waals surface area contributed by atoms with Crippen LogP contribution in [-0.2, 0) is 9.59 Å². The van der Waals surface area contributed by atoms with E-state index < -0.39 is 11.9 Å². The fraction of sp³-hybridized carbons (Fsp3) is 0.833. The van der Waals surface area contributed by atoms with Crippen molar-refractivity contribution in [1.82, 2.24) is 0 Å². The van der Waals surface area contributed by atoms with Crippen molar-refractivity contribution >= 4 is 37.2 Å². The Morgan fingerprint density at radius 1 is 0.889 bits per heavy atom. The normalized spacial score (nSPS) is 12.1. The second-order valence-corrected chi connectivity index (χ2v) is 5.66. The first-order chi connectivity index (χ1) is 8.17. The van der Waals surface area contributed by atoms with E-state index in [9.17, 15) is 9.59 Å². The Kier molecular flexibility index (Phi) is 21.1. The van der Waals surface area contributed by atoms with E-state index in [-0.39, 0.29) is 23.3 Å². The lowest BCUT2D eigenvalue weighted by molar-refractivity contribution is -0.137. The lowest BCUT2D eigenvalue weighted by Gasteiger charge is -1.93. The van der Waals surface area contributed by atoms with Crippen LogP contribution in [0.2, 0.25) is 0 Å². The lowest BCUT2D eigenvalue weighted by atomic mass is 10.3. The largest absolute Gasteiger partial charge is 0.481 e. The summed E-state index contributed by atoms with van der Waals surface area (Å²) in [6.07, 6.45) is 2.92. The van der Waals surface area contributed by atoms with Gasteiger partial charge in [0.2, 0.25) is 0 Å². The number of carboxylic acid groups (broad SMARTS) is 2. The highest BCUT2D eigenvalue weighted by Crippen LogP contribution is 1.97. The van der Waals surface area contributed by atoms with Gasteiger partial charge in [-0.05, 0) is 0 Å². The van der Waals surface area contributed by atoms with Crippen molar-refractivity contribution in [3.8, 4) is 0 Å². The summed E-state index contributed by atoms with van der Waals surface area (Å²) in [6.45, 7) is 7.86. The summed E-state index contributed by atoms with van der Waals surface area (Å²) in [5.41, 5.74) is 0. The van der Waals surface area contributed by atoms with Crippen molar-refractivity contribution in [2.75, 3.05) is 0 Å². The van der Waals surface area contributed by atoms with E-state index in [1.807, 2.05) is 0 Å². The van der Waals surface area contributed by atoms with Crippen LogP contribution in [0.4, 0.5) is 0 Å². The average Bonchev–Trinajstić information content (AvgIpc) is 2.14. The number of carboxylic acids is 2. The van der Waals surface area contributed by atoms with Crippen LogP contribution in [0.25, 0.3) is 0 Å². The van der Waals surface area contributed by atoms with Crippen molar-refractivity contribution in [1.29, 1.82) is 0 Å². The zero-order valence-corrected chi connectivity index (χ0v) is 13.4. The van der Waals surface area contributed by atoms with Gasteiger partial charge < -0.3 is 10.2 Å². The van der Waals surface area contributed by atoms with Gasteiger partial charge in [0, 0.05) is 10.5 Å². The molecular weight excluding hydrogens is 272 g/mol. The third-order valence-electron chi connectivity index (χ3n) is 1.44. The monoisotopic (exact) mass is 298 g/mol. The molecule has 0 aromatic heterocycles. The van der Waals surface area contributed by atoms with Gasteiger partial charge in [0.15, 0.2) is 0 Å². The van der Waals surface area contributed by atoms with Gasteiger partial charge in [-0.1, -0.05) is 40.5 Å². The van der Waals surface area contributed by atoms with Crippen molar-refractivity contribution in [2.45, 2.75) is 63.9 Å². The molecule has 0 fully saturated rings. The smallest absolute Gasteiger partial charge is 0.304 e. The lowest BCUT2D eigenvalue weighted by Crippen LogP contribution is -2.01. The molecule has 110 valence electrons. The summed E-state index contributed by atoms with van der Waals surface area (Å²) in [5, 5.41) is 16.0. The van der Waals surface area contributed by atoms with Crippen molar-refractivity contribution in [3.63, 3.8) is 0 Å². The summed E-state index contributed by atoms with van der Waals surface area (Å²) in [4.78, 5) is 19.5. The Hall–Kier alpha value is -0.360. The van der Waals surface area contributed by atoms with Gasteiger partial charge in [-0.15, -0.1) is 0 Å². The van der Waals surface area contributed by atoms with Crippen LogP contribution in [0, 0.1) is 0 Å². The molecule has 0 heterocycles. The van der Waals surface area contributed by atoms with Gasteiger partial charge in [-0.3, -0.25) is 9.59 Å². The standard InChI is InChI=1S/2C4H8O2S.C4H10/c2*1-3(7)2-4(5)6;1-3-4-2/h2*3,7H,2H2,1H3,(H,5,6);3-4H2,1-2H3. The third-order valence-corrected chi connectivity index (χ3v) is 1.81. The molecule has 0 aliphatic rings. The van der Waals surface area contributed by atoms with E-state index in [1.54, 1.807) is 13.8 Å². The number of thiol groups is 2. The molecule has 18 heavy (non-hydrogen) atoms. The van der Waals surface area contributed by atoms with Gasteiger partial charge in [-0.2, -0.15) is 25.3 Å². The average molecular weight is 298 g/mol. The van der Waals surface area contributed by atoms with Gasteiger partial charge in [0.05, 0.1) is 12.8 Å². The van der Waals surface area contributed by atoms with Gasteiger partial charge in [-0.25, -0.2) is 0 Å². The Morgan fingerprint density at radius 3 is 1.11 bits per heavy atom. The fourth-order valence-electron chi connectivity index (χ4n) is 0.505. The molecule has 0 spiro atoms. The first-order valence-electron chi connectivity index (χ1n) is 5.96. The fourth-order valence-corrected chi connectivity index (χ4v) is 0.818. The van der Waals surface area contributed by atoms with Crippen molar-refractivity contribution in [2.24, 2.45) is 0 Å². The number of hydrogen-bond acceptors (Lipinski definition) is 4. The third kappa shape index (κ3) is 44.9. The summed E-state index contributed by atoms with van der Waals surface area (Å²) < 4.78 is 0. The summed E-state index contributed by atoms with van der Waals surface area (Å²) in [7, 11) is 0. The zero-order valence-electron chi connectivity index (χ0n) is 11.6. The molecule has 2 atom stereocenters. The van der Waals surface area contributed by atoms with E-state index in [0.29, 0.717) is 0 Å². The maximum atomic E-state index is 9.76. The first kappa shape index (κ1) is 22.8. The van der Waals surface area contributed by atoms with E-state index in [0.717, 1.165) is 0 Å². The van der Waals surface area contributed by atoms with E-state index in [2.05, 4.69) is 39.1 Å². The van der Waals surface area contributed by atoms with Gasteiger partial charge >= 0.3 is 11.9 Å². The molecule has 2 unspecified atom stereocenters. The molecule has 2 N–H and O–H groups in total. The van der Waals surface area contributed by atoms with E-state index in [4.69, 9.17) is 10.2 Å². The van der Waals surface area contributed by atoms with Crippen LogP contribution >= 0.6 is 25.3 Å². The number of aliphatic carboxylic acids is 2. The topological polar surface area (TPSA) is 74.6 Å². The number of carbonyl (C=O) groups is 2. The highest BCUT2D eigenvalue weighted by atomic mass is 32.1. The van der Waals surface area contributed by atoms with Crippen molar-refractivity contribution in [3.05, 3.63) is 0 Å². The molecule has 0 saturated heterocycles. The number of unbranched alkanes of at least 4 members (excludes halogenated alkanes) is 1. The molecule has 0 aromatic carbocycles. The Balaban J connectivity index is -0.000000196. The summed E-state index contributed by atoms with van der Waals surface area (Å²) in [6, 6.07) is 0. The highest BCUT2D eigenvalue weighted by molar-refractivity contribution is 7.81. The molecule has 4 nitrogen and oxygen atoms in total. The summed E-state index contributed by atoms with van der Waals surface area (Å²) >= 11 is 7.71. The van der Waals surface area contributed by atoms with E-state index >= 15 is 0 Å². The Bertz CT molecular complexity index is 184. The first-order valence-corrected chi connectivity index (χ1v) is 7.00. The van der Waals surface area contributed by atoms with E-state index in [1.165, 1.54) is 12.8 Å². The molecule has 0 aromatic rings. The van der Waals surface area contributed by atoms with Crippen LogP contribution in [0.1, 0.15) is 53.4 Å². The predicted octanol–water partition coefficient (Wildman–Crippen LogP) is 3.37. The van der Waals surface area contributed by atoms with Crippen molar-refractivity contribution < 1.29 is 19.8 Å². The molecule has 0 aliphatic carbocycles. The zero-order chi connectivity index (χ0) is 15.1. The molecule has 0 aliphatic heterocycles. The Labute approximate surface area is 121 Å². The molecular formula is C12H26O4S2. The Morgan fingerprint density at radius 2 is 1.11 bits per heavy atom. The summed E-state index contributed by atoms with van der Waals surface area (Å²) in [5.74, 6) is -1.58. The maximum absolute atomic E-state index is 9.76. The van der Waals surface area contributed by atoms with Crippen LogP contribution < -0.4 is 0 Å². The molecule has 0 radical (unpaired) electrons. The van der Waals surface area contributed by atoms with Crippen LogP contribution in [-0.4, -0.2) is 32.7 Å². The SMILES string of the molecule is CC(S)CC(=O)O.CC(S)CC(=O)O.CCCC. The maximum Gasteiger partial charge on any atom is 0.304 e. The second kappa shape index (κ2) is 16.6. The minimum atomic E-state index is -0.789. The molecule has 0 bridgehead atoms. The van der Waals surface area contributed by atoms with Crippen LogP contribution in [0.5, 0.6) is 0 Å². The van der Waals surface area contributed by atoms with Gasteiger partial charge in [0.25, 0.3) is 0 Å². The van der Waals surface area contributed by atoms with Crippen LogP contribution in [0.15, 0.2) is 0 Å². The number of rotatable bonds is 5. The quantitative estimate of drug-likeness (QED) is 0.587. The second-order valence-electron chi connectivity index (χ2n) is 3.89. The molecule has 6 heteroatoms. The molecule has 0 saturated carbocycles. The minimum absolute atomic E-state index is 0.0301. The predicted molar refractivity (Wildman–Crippen MR) is 82.0 cm³/mol. The number of hydrogen-bond donors (Lipinski definition) is 4. The van der Waals surface area contributed by atoms with Gasteiger partial charge in [0.1, 0.15) is 0 Å². The van der Waals surface area contributed by atoms with Crippen LogP contribution in [0.3, 0.4) is 0 Å². The molecule has 0 rings (SSSR count). The highest BCUT2D eigenvalue weighted by Gasteiger charge is 1.99.